The van der Waals surface area contributed by atoms with E-state index in [1.165, 1.54) is 0 Å². The van der Waals surface area contributed by atoms with Gasteiger partial charge >= 0.3 is 0 Å². The zero-order valence-electron chi connectivity index (χ0n) is 8.60. The minimum absolute atomic E-state index is 0.645. The van der Waals surface area contributed by atoms with Crippen molar-refractivity contribution in [2.45, 2.75) is 16.8 Å². The standard InChI is InChI=1S/C11H11Cl3N2/c1-6-9(10(15)11(12,13)14)7-4-2-3-5-8(7)16-6/h2-5,10,16H,15H2,1H3. The number of halogens is 3. The van der Waals surface area contributed by atoms with Crippen LogP contribution in [0.5, 0.6) is 0 Å². The van der Waals surface area contributed by atoms with Crippen LogP contribution in [0.4, 0.5) is 0 Å². The van der Waals surface area contributed by atoms with E-state index in [4.69, 9.17) is 40.5 Å². The molecule has 3 N–H and O–H groups in total. The lowest BCUT2D eigenvalue weighted by atomic mass is 10.1. The van der Waals surface area contributed by atoms with Crippen LogP contribution in [0, 0.1) is 6.92 Å². The lowest BCUT2D eigenvalue weighted by Gasteiger charge is -2.20. The number of hydrogen-bond acceptors (Lipinski definition) is 1. The number of benzene rings is 1. The van der Waals surface area contributed by atoms with E-state index in [0.29, 0.717) is 0 Å². The van der Waals surface area contributed by atoms with Gasteiger partial charge in [0.25, 0.3) is 0 Å². The van der Waals surface area contributed by atoms with E-state index in [-0.39, 0.29) is 0 Å². The quantitative estimate of drug-likeness (QED) is 0.764. The topological polar surface area (TPSA) is 41.8 Å². The maximum Gasteiger partial charge on any atom is 0.209 e. The Balaban J connectivity index is 2.64. The molecule has 5 heteroatoms. The summed E-state index contributed by atoms with van der Waals surface area (Å²) >= 11 is 17.5. The number of para-hydroxylation sites is 1. The molecule has 1 unspecified atom stereocenters. The van der Waals surface area contributed by atoms with Gasteiger partial charge in [0.1, 0.15) is 0 Å². The first-order valence-corrected chi connectivity index (χ1v) is 5.94. The Labute approximate surface area is 109 Å². The van der Waals surface area contributed by atoms with Crippen LogP contribution in [-0.2, 0) is 0 Å². The highest BCUT2D eigenvalue weighted by molar-refractivity contribution is 6.68. The van der Waals surface area contributed by atoms with Gasteiger partial charge in [-0.15, -0.1) is 0 Å². The van der Waals surface area contributed by atoms with Gasteiger partial charge in [-0.05, 0) is 13.0 Å². The molecule has 0 amide bonds. The van der Waals surface area contributed by atoms with Crippen LogP contribution in [0.2, 0.25) is 0 Å². The lowest BCUT2D eigenvalue weighted by Crippen LogP contribution is -2.25. The summed E-state index contributed by atoms with van der Waals surface area (Å²) in [4.78, 5) is 3.22. The third-order valence-electron chi connectivity index (χ3n) is 2.61. The predicted molar refractivity (Wildman–Crippen MR) is 70.3 cm³/mol. The summed E-state index contributed by atoms with van der Waals surface area (Å²) in [6, 6.07) is 7.17. The Bertz CT molecular complexity index is 513. The molecule has 1 heterocycles. The summed E-state index contributed by atoms with van der Waals surface area (Å²) in [5.41, 5.74) is 8.75. The molecule has 0 bridgehead atoms. The highest BCUT2D eigenvalue weighted by Gasteiger charge is 2.33. The molecule has 2 rings (SSSR count). The zero-order chi connectivity index (χ0) is 11.9. The van der Waals surface area contributed by atoms with Crippen LogP contribution in [0.25, 0.3) is 10.9 Å². The molecule has 2 aromatic rings. The summed E-state index contributed by atoms with van der Waals surface area (Å²) in [6.07, 6.45) is 0. The van der Waals surface area contributed by atoms with Crippen LogP contribution < -0.4 is 5.73 Å². The summed E-state index contributed by atoms with van der Waals surface area (Å²) < 4.78 is -1.50. The van der Waals surface area contributed by atoms with E-state index in [9.17, 15) is 0 Å². The third-order valence-corrected chi connectivity index (χ3v) is 3.31. The third kappa shape index (κ3) is 2.03. The van der Waals surface area contributed by atoms with Crippen LogP contribution in [-0.4, -0.2) is 8.78 Å². The number of hydrogen-bond donors (Lipinski definition) is 2. The average molecular weight is 278 g/mol. The molecule has 0 fully saturated rings. The van der Waals surface area contributed by atoms with Crippen molar-refractivity contribution in [2.75, 3.05) is 0 Å². The minimum Gasteiger partial charge on any atom is -0.358 e. The molecule has 0 saturated heterocycles. The van der Waals surface area contributed by atoms with Gasteiger partial charge in [-0.1, -0.05) is 53.0 Å². The molecule has 2 nitrogen and oxygen atoms in total. The van der Waals surface area contributed by atoms with Crippen molar-refractivity contribution in [2.24, 2.45) is 5.73 Å². The van der Waals surface area contributed by atoms with Crippen LogP contribution in [0.1, 0.15) is 17.3 Å². The van der Waals surface area contributed by atoms with Gasteiger partial charge in [0.15, 0.2) is 0 Å². The SMILES string of the molecule is Cc1[nH]c2ccccc2c1C(N)C(Cl)(Cl)Cl. The fourth-order valence-electron chi connectivity index (χ4n) is 1.86. The highest BCUT2D eigenvalue weighted by atomic mass is 35.6. The number of alkyl halides is 3. The second-order valence-corrected chi connectivity index (χ2v) is 6.10. The first-order valence-electron chi connectivity index (χ1n) is 4.80. The molecule has 0 aliphatic rings. The van der Waals surface area contributed by atoms with E-state index in [0.717, 1.165) is 22.2 Å². The minimum atomic E-state index is -1.50. The molecule has 0 aliphatic carbocycles. The lowest BCUT2D eigenvalue weighted by molar-refractivity contribution is 0.748. The molecule has 16 heavy (non-hydrogen) atoms. The highest BCUT2D eigenvalue weighted by Crippen LogP contribution is 2.41. The van der Waals surface area contributed by atoms with Crippen molar-refractivity contribution in [3.8, 4) is 0 Å². The first kappa shape index (κ1) is 12.1. The van der Waals surface area contributed by atoms with Crippen molar-refractivity contribution in [3.63, 3.8) is 0 Å². The van der Waals surface area contributed by atoms with Crippen molar-refractivity contribution in [3.05, 3.63) is 35.5 Å². The molecule has 0 saturated carbocycles. The van der Waals surface area contributed by atoms with Gasteiger partial charge in [0, 0.05) is 22.2 Å². The number of fused-ring (bicyclic) bond motifs is 1. The summed E-state index contributed by atoms with van der Waals surface area (Å²) in [7, 11) is 0. The van der Waals surface area contributed by atoms with Crippen molar-refractivity contribution < 1.29 is 0 Å². The molecule has 0 spiro atoms. The Morgan fingerprint density at radius 2 is 1.88 bits per heavy atom. The van der Waals surface area contributed by atoms with Gasteiger partial charge < -0.3 is 10.7 Å². The number of rotatable bonds is 1. The molecule has 0 aliphatic heterocycles. The fraction of sp³-hybridized carbons (Fsp3) is 0.273. The Kier molecular flexibility index (Phi) is 3.10. The molecule has 1 aromatic heterocycles. The van der Waals surface area contributed by atoms with Gasteiger partial charge in [0.2, 0.25) is 3.79 Å². The monoisotopic (exact) mass is 276 g/mol. The zero-order valence-corrected chi connectivity index (χ0v) is 10.9. The number of H-pyrrole nitrogens is 1. The maximum absolute atomic E-state index is 5.97. The van der Waals surface area contributed by atoms with Crippen LogP contribution in [0.15, 0.2) is 24.3 Å². The van der Waals surface area contributed by atoms with Crippen molar-refractivity contribution in [1.29, 1.82) is 0 Å². The molecule has 0 radical (unpaired) electrons. The summed E-state index contributed by atoms with van der Waals surface area (Å²) in [5, 5.41) is 0.999. The first-order chi connectivity index (χ1) is 7.41. The number of aryl methyl sites for hydroxylation is 1. The number of aromatic amines is 1. The summed E-state index contributed by atoms with van der Waals surface area (Å²) in [6.45, 7) is 1.92. The molecule has 86 valence electrons. The number of nitrogens with one attached hydrogen (secondary N) is 1. The van der Waals surface area contributed by atoms with E-state index >= 15 is 0 Å². The predicted octanol–water partition coefficient (Wildman–Crippen LogP) is 3.85. The van der Waals surface area contributed by atoms with Gasteiger partial charge in [-0.3, -0.25) is 0 Å². The molecule has 1 atom stereocenters. The van der Waals surface area contributed by atoms with Crippen molar-refractivity contribution in [1.82, 2.24) is 4.98 Å². The molecular weight excluding hydrogens is 266 g/mol. The number of aromatic nitrogens is 1. The normalized spacial score (nSPS) is 14.3. The van der Waals surface area contributed by atoms with Crippen LogP contribution in [0.3, 0.4) is 0 Å². The molecule has 1 aromatic carbocycles. The van der Waals surface area contributed by atoms with Gasteiger partial charge in [-0.2, -0.15) is 0 Å². The van der Waals surface area contributed by atoms with Gasteiger partial charge in [-0.25, -0.2) is 0 Å². The number of nitrogens with two attached hydrogens (primary N) is 1. The smallest absolute Gasteiger partial charge is 0.209 e. The van der Waals surface area contributed by atoms with E-state index in [2.05, 4.69) is 4.98 Å². The summed E-state index contributed by atoms with van der Waals surface area (Å²) in [5.74, 6) is 0. The maximum atomic E-state index is 5.97. The van der Waals surface area contributed by atoms with E-state index in [1.807, 2.05) is 31.2 Å². The fourth-order valence-corrected chi connectivity index (χ4v) is 2.19. The Morgan fingerprint density at radius 3 is 2.50 bits per heavy atom. The molecular formula is C11H11Cl3N2. The largest absolute Gasteiger partial charge is 0.358 e. The Morgan fingerprint density at radius 1 is 1.25 bits per heavy atom. The van der Waals surface area contributed by atoms with E-state index in [1.54, 1.807) is 0 Å². The second kappa shape index (κ2) is 4.11. The van der Waals surface area contributed by atoms with Crippen LogP contribution >= 0.6 is 34.8 Å². The second-order valence-electron chi connectivity index (χ2n) is 3.73. The van der Waals surface area contributed by atoms with Crippen molar-refractivity contribution >= 4 is 45.7 Å². The van der Waals surface area contributed by atoms with E-state index < -0.39 is 9.83 Å². The Hall–Kier alpha value is -0.410. The average Bonchev–Trinajstić information content (AvgIpc) is 2.51. The van der Waals surface area contributed by atoms with Gasteiger partial charge in [0.05, 0.1) is 6.04 Å².